The van der Waals surface area contributed by atoms with Crippen molar-refractivity contribution in [2.45, 2.75) is 46.1 Å². The number of benzene rings is 3. The van der Waals surface area contributed by atoms with E-state index in [9.17, 15) is 9.59 Å². The van der Waals surface area contributed by atoms with E-state index in [1.807, 2.05) is 49.4 Å². The third kappa shape index (κ3) is 4.96. The zero-order chi connectivity index (χ0) is 26.6. The van der Waals surface area contributed by atoms with Gasteiger partial charge in [-0.25, -0.2) is 15.2 Å². The Labute approximate surface area is 222 Å². The zero-order valence-electron chi connectivity index (χ0n) is 22.0. The van der Waals surface area contributed by atoms with Crippen LogP contribution in [0.2, 0.25) is 0 Å². The topological polar surface area (TPSA) is 85.6 Å². The number of imidazole rings is 1. The Balaban J connectivity index is 1.62. The maximum Gasteiger partial charge on any atom is 0.338 e. The molecule has 0 aliphatic carbocycles. The number of ether oxygens (including phenoxy) is 1. The lowest BCUT2D eigenvalue weighted by Gasteiger charge is -2.19. The first-order chi connectivity index (χ1) is 18.5. The van der Waals surface area contributed by atoms with E-state index in [4.69, 9.17) is 9.72 Å². The van der Waals surface area contributed by atoms with Gasteiger partial charge >= 0.3 is 5.97 Å². The molecule has 1 atom stereocenters. The van der Waals surface area contributed by atoms with Crippen molar-refractivity contribution in [3.8, 4) is 11.1 Å². The average molecular weight is 509 g/mol. The predicted molar refractivity (Wildman–Crippen MR) is 149 cm³/mol. The van der Waals surface area contributed by atoms with E-state index < -0.39 is 0 Å². The van der Waals surface area contributed by atoms with Crippen LogP contribution >= 0.6 is 0 Å². The fourth-order valence-corrected chi connectivity index (χ4v) is 5.13. The number of nitrogens with zero attached hydrogens (tertiary/aromatic N) is 3. The van der Waals surface area contributed by atoms with E-state index in [1.165, 1.54) is 7.11 Å². The van der Waals surface area contributed by atoms with Gasteiger partial charge in [0.1, 0.15) is 5.82 Å². The van der Waals surface area contributed by atoms with Crippen LogP contribution in [-0.2, 0) is 22.5 Å². The summed E-state index contributed by atoms with van der Waals surface area (Å²) >= 11 is 0. The van der Waals surface area contributed by atoms with E-state index in [0.29, 0.717) is 18.5 Å². The van der Waals surface area contributed by atoms with Crippen LogP contribution < -0.4 is 5.43 Å². The number of hydrogen-bond donors (Lipinski definition) is 1. The van der Waals surface area contributed by atoms with Crippen LogP contribution in [0.25, 0.3) is 22.2 Å². The third-order valence-electron chi connectivity index (χ3n) is 7.10. The fraction of sp³-hybridized carbons (Fsp3) is 0.290. The van der Waals surface area contributed by atoms with Crippen molar-refractivity contribution < 1.29 is 14.3 Å². The SMILES string of the molecule is CCCCc1nc2ccc(C3=NNC(=O)CC3C)cc2n1Cc1ccccc1-c1ccccc1C(=O)OC. The molecule has 5 rings (SSSR count). The van der Waals surface area contributed by atoms with Gasteiger partial charge in [0.05, 0.1) is 29.4 Å². The summed E-state index contributed by atoms with van der Waals surface area (Å²) in [6, 6.07) is 21.9. The van der Waals surface area contributed by atoms with Gasteiger partial charge in [-0.3, -0.25) is 4.79 Å². The lowest BCUT2D eigenvalue weighted by molar-refractivity contribution is -0.121. The summed E-state index contributed by atoms with van der Waals surface area (Å²) in [5.41, 5.74) is 9.90. The molecule has 0 bridgehead atoms. The van der Waals surface area contributed by atoms with Crippen LogP contribution in [0, 0.1) is 5.92 Å². The molecule has 1 aromatic heterocycles. The van der Waals surface area contributed by atoms with Crippen LogP contribution in [0.4, 0.5) is 0 Å². The lowest BCUT2D eigenvalue weighted by atomic mass is 9.94. The van der Waals surface area contributed by atoms with Crippen molar-refractivity contribution in [1.82, 2.24) is 15.0 Å². The monoisotopic (exact) mass is 508 g/mol. The highest BCUT2D eigenvalue weighted by atomic mass is 16.5. The fourth-order valence-electron chi connectivity index (χ4n) is 5.13. The van der Waals surface area contributed by atoms with E-state index in [1.54, 1.807) is 6.07 Å². The van der Waals surface area contributed by atoms with E-state index in [-0.39, 0.29) is 17.8 Å². The van der Waals surface area contributed by atoms with Gasteiger partial charge in [0, 0.05) is 30.9 Å². The number of aromatic nitrogens is 2. The molecule has 0 spiro atoms. The number of nitrogens with one attached hydrogen (secondary N) is 1. The summed E-state index contributed by atoms with van der Waals surface area (Å²) in [6.45, 7) is 4.81. The number of aryl methyl sites for hydroxylation is 1. The Kier molecular flexibility index (Phi) is 7.36. The minimum absolute atomic E-state index is 0.0349. The number of hydrazone groups is 1. The highest BCUT2D eigenvalue weighted by Crippen LogP contribution is 2.30. The standard InChI is InChI=1S/C31H32N4O3/c1-4-5-14-28-32-26-16-15-21(30-20(2)17-29(36)33-34-30)18-27(26)35(28)19-22-10-6-7-11-23(22)24-12-8-9-13-25(24)31(37)38-3/h6-13,15-16,18,20H,4-5,14,17,19H2,1-3H3,(H,33,36). The molecule has 0 saturated carbocycles. The minimum Gasteiger partial charge on any atom is -0.465 e. The lowest BCUT2D eigenvalue weighted by Crippen LogP contribution is -2.31. The molecule has 3 aromatic carbocycles. The Bertz CT molecular complexity index is 1540. The molecule has 0 radical (unpaired) electrons. The molecule has 38 heavy (non-hydrogen) atoms. The molecule has 1 aliphatic heterocycles. The summed E-state index contributed by atoms with van der Waals surface area (Å²) in [5, 5.41) is 4.37. The second-order valence-corrected chi connectivity index (χ2v) is 9.75. The first kappa shape index (κ1) is 25.4. The van der Waals surface area contributed by atoms with Crippen molar-refractivity contribution in [3.05, 3.63) is 89.2 Å². The smallest absolute Gasteiger partial charge is 0.338 e. The van der Waals surface area contributed by atoms with Crippen molar-refractivity contribution >= 4 is 28.6 Å². The number of rotatable bonds is 8. The van der Waals surface area contributed by atoms with Crippen LogP contribution in [0.5, 0.6) is 0 Å². The highest BCUT2D eigenvalue weighted by molar-refractivity contribution is 6.07. The molecular weight excluding hydrogens is 476 g/mol. The highest BCUT2D eigenvalue weighted by Gasteiger charge is 2.23. The summed E-state index contributed by atoms with van der Waals surface area (Å²) in [7, 11) is 1.41. The maximum absolute atomic E-state index is 12.5. The first-order valence-corrected chi connectivity index (χ1v) is 13.1. The zero-order valence-corrected chi connectivity index (χ0v) is 22.0. The van der Waals surface area contributed by atoms with Gasteiger partial charge < -0.3 is 9.30 Å². The molecule has 7 nitrogen and oxygen atoms in total. The largest absolute Gasteiger partial charge is 0.465 e. The average Bonchev–Trinajstić information content (AvgIpc) is 3.28. The quantitative estimate of drug-likeness (QED) is 0.308. The summed E-state index contributed by atoms with van der Waals surface area (Å²) < 4.78 is 7.34. The molecule has 0 fully saturated rings. The number of unbranched alkanes of at least 4 members (excludes halogenated alkanes) is 1. The summed E-state index contributed by atoms with van der Waals surface area (Å²) in [6.07, 6.45) is 3.41. The van der Waals surface area contributed by atoms with E-state index in [2.05, 4.69) is 40.2 Å². The molecular formula is C31H32N4O3. The van der Waals surface area contributed by atoms with Gasteiger partial charge in [-0.2, -0.15) is 5.10 Å². The van der Waals surface area contributed by atoms with Gasteiger partial charge in [0.2, 0.25) is 5.91 Å². The molecule has 1 N–H and O–H groups in total. The number of fused-ring (bicyclic) bond motifs is 1. The molecule has 194 valence electrons. The number of carbonyl (C=O) groups is 2. The van der Waals surface area contributed by atoms with Crippen molar-refractivity contribution in [2.24, 2.45) is 11.0 Å². The van der Waals surface area contributed by atoms with E-state index in [0.717, 1.165) is 64.1 Å². The van der Waals surface area contributed by atoms with Gasteiger partial charge in [0.25, 0.3) is 0 Å². The molecule has 1 amide bonds. The second-order valence-electron chi connectivity index (χ2n) is 9.75. The van der Waals surface area contributed by atoms with Gasteiger partial charge in [-0.05, 0) is 41.3 Å². The number of hydrogen-bond acceptors (Lipinski definition) is 5. The number of amides is 1. The van der Waals surface area contributed by atoms with Crippen LogP contribution in [-0.4, -0.2) is 34.2 Å². The number of methoxy groups -OCH3 is 1. The molecule has 2 heterocycles. The Morgan fingerprint density at radius 3 is 2.61 bits per heavy atom. The number of carbonyl (C=O) groups excluding carboxylic acids is 2. The maximum atomic E-state index is 12.5. The molecule has 0 saturated heterocycles. The third-order valence-corrected chi connectivity index (χ3v) is 7.10. The minimum atomic E-state index is -0.355. The molecule has 1 unspecified atom stereocenters. The predicted octanol–water partition coefficient (Wildman–Crippen LogP) is 5.74. The van der Waals surface area contributed by atoms with Crippen molar-refractivity contribution in [3.63, 3.8) is 0 Å². The van der Waals surface area contributed by atoms with Crippen LogP contribution in [0.1, 0.15) is 60.4 Å². The second kappa shape index (κ2) is 11.0. The molecule has 1 aliphatic rings. The Morgan fingerprint density at radius 1 is 1.08 bits per heavy atom. The van der Waals surface area contributed by atoms with Gasteiger partial charge in [-0.15, -0.1) is 0 Å². The molecule has 4 aromatic rings. The first-order valence-electron chi connectivity index (χ1n) is 13.1. The Hall–Kier alpha value is -4.26. The van der Waals surface area contributed by atoms with Crippen molar-refractivity contribution in [2.75, 3.05) is 7.11 Å². The van der Waals surface area contributed by atoms with Gasteiger partial charge in [-0.1, -0.05) is 68.8 Å². The van der Waals surface area contributed by atoms with E-state index >= 15 is 0 Å². The van der Waals surface area contributed by atoms with Crippen molar-refractivity contribution in [1.29, 1.82) is 0 Å². The summed E-state index contributed by atoms with van der Waals surface area (Å²) in [4.78, 5) is 29.3. The molecule has 7 heteroatoms. The summed E-state index contributed by atoms with van der Waals surface area (Å²) in [5.74, 6) is 0.652. The van der Waals surface area contributed by atoms with Gasteiger partial charge in [0.15, 0.2) is 0 Å². The number of esters is 1. The van der Waals surface area contributed by atoms with Crippen LogP contribution in [0.15, 0.2) is 71.8 Å². The normalized spacial score (nSPS) is 15.3. The Morgan fingerprint density at radius 2 is 1.84 bits per heavy atom. The van der Waals surface area contributed by atoms with Crippen LogP contribution in [0.3, 0.4) is 0 Å².